The Morgan fingerprint density at radius 1 is 0.308 bits per heavy atom. The standard InChI is InChI=1S/C50H33NS/c1-3-13-34(14-4-1)35-25-27-36(28-26-35)38-17-11-20-40(31-38)51(39-18-5-2-6-19-39)41-29-30-45-48-33-47(43-24-12-16-37-15-7-8-21-42(37)43)44-22-9-10-23-46(44)50(48)52-49(45)32-41/h1-33H. The van der Waals surface area contributed by atoms with E-state index in [9.17, 15) is 0 Å². The van der Waals surface area contributed by atoms with Crippen molar-refractivity contribution in [2.45, 2.75) is 0 Å². The molecule has 1 nitrogen and oxygen atoms in total. The number of rotatable bonds is 6. The van der Waals surface area contributed by atoms with Crippen LogP contribution in [0.5, 0.6) is 0 Å². The molecular weight excluding hydrogens is 647 g/mol. The lowest BCUT2D eigenvalue weighted by atomic mass is 9.92. The summed E-state index contributed by atoms with van der Waals surface area (Å²) in [5, 5.41) is 7.73. The van der Waals surface area contributed by atoms with Crippen LogP contribution in [-0.2, 0) is 0 Å². The van der Waals surface area contributed by atoms with E-state index in [-0.39, 0.29) is 0 Å². The van der Waals surface area contributed by atoms with Crippen LogP contribution in [0.4, 0.5) is 17.1 Å². The Bertz CT molecular complexity index is 2880. The highest BCUT2D eigenvalue weighted by molar-refractivity contribution is 7.26. The predicted octanol–water partition coefficient (Wildman–Crippen LogP) is 14.8. The summed E-state index contributed by atoms with van der Waals surface area (Å²) in [5.41, 5.74) is 10.8. The lowest BCUT2D eigenvalue weighted by Crippen LogP contribution is -2.09. The summed E-state index contributed by atoms with van der Waals surface area (Å²) in [4.78, 5) is 2.38. The number of hydrogen-bond donors (Lipinski definition) is 0. The van der Waals surface area contributed by atoms with Crippen LogP contribution in [0.3, 0.4) is 0 Å². The number of fused-ring (bicyclic) bond motifs is 6. The zero-order valence-corrected chi connectivity index (χ0v) is 29.2. The topological polar surface area (TPSA) is 3.24 Å². The van der Waals surface area contributed by atoms with Gasteiger partial charge >= 0.3 is 0 Å². The molecule has 0 amide bonds. The quantitative estimate of drug-likeness (QED) is 0.169. The minimum absolute atomic E-state index is 1.12. The van der Waals surface area contributed by atoms with Crippen molar-refractivity contribution < 1.29 is 0 Å². The van der Waals surface area contributed by atoms with Gasteiger partial charge in [-0.25, -0.2) is 0 Å². The normalized spacial score (nSPS) is 11.5. The average molecular weight is 680 g/mol. The number of anilines is 3. The molecule has 244 valence electrons. The highest BCUT2D eigenvalue weighted by atomic mass is 32.1. The third-order valence-electron chi connectivity index (χ3n) is 10.2. The minimum Gasteiger partial charge on any atom is -0.310 e. The van der Waals surface area contributed by atoms with Crippen molar-refractivity contribution in [1.82, 2.24) is 0 Å². The summed E-state index contributed by atoms with van der Waals surface area (Å²) in [6, 6.07) is 72.8. The fourth-order valence-electron chi connectivity index (χ4n) is 7.74. The van der Waals surface area contributed by atoms with E-state index in [1.807, 2.05) is 11.3 Å². The molecule has 0 saturated carbocycles. The van der Waals surface area contributed by atoms with Gasteiger partial charge in [-0.3, -0.25) is 0 Å². The van der Waals surface area contributed by atoms with Crippen LogP contribution in [0.1, 0.15) is 0 Å². The van der Waals surface area contributed by atoms with Gasteiger partial charge in [0.1, 0.15) is 0 Å². The molecule has 0 aliphatic heterocycles. The van der Waals surface area contributed by atoms with E-state index < -0.39 is 0 Å². The Balaban J connectivity index is 1.11. The van der Waals surface area contributed by atoms with E-state index in [1.54, 1.807) is 0 Å². The number of nitrogens with zero attached hydrogens (tertiary/aromatic N) is 1. The fourth-order valence-corrected chi connectivity index (χ4v) is 9.00. The van der Waals surface area contributed by atoms with Gasteiger partial charge in [-0.05, 0) is 92.0 Å². The molecular formula is C50H33NS. The van der Waals surface area contributed by atoms with Crippen LogP contribution in [0.25, 0.3) is 75.1 Å². The zero-order chi connectivity index (χ0) is 34.4. The van der Waals surface area contributed by atoms with E-state index in [0.29, 0.717) is 0 Å². The van der Waals surface area contributed by atoms with Crippen molar-refractivity contribution in [3.63, 3.8) is 0 Å². The molecule has 0 fully saturated rings. The van der Waals surface area contributed by atoms with Crippen LogP contribution in [-0.4, -0.2) is 0 Å². The first-order valence-corrected chi connectivity index (χ1v) is 18.6. The molecule has 52 heavy (non-hydrogen) atoms. The predicted molar refractivity (Wildman–Crippen MR) is 225 cm³/mol. The van der Waals surface area contributed by atoms with Crippen LogP contribution >= 0.6 is 11.3 Å². The first-order valence-electron chi connectivity index (χ1n) is 17.8. The SMILES string of the molecule is c1ccc(-c2ccc(-c3cccc(N(c4ccccc4)c4ccc5c(c4)sc4c6ccccc6c(-c6cccc7ccccc67)cc54)c3)cc2)cc1. The maximum absolute atomic E-state index is 2.43. The van der Waals surface area contributed by atoms with Crippen molar-refractivity contribution in [3.8, 4) is 33.4 Å². The van der Waals surface area contributed by atoms with E-state index >= 15 is 0 Å². The van der Waals surface area contributed by atoms with Gasteiger partial charge in [0.25, 0.3) is 0 Å². The molecule has 0 unspecified atom stereocenters. The summed E-state index contributed by atoms with van der Waals surface area (Å²) < 4.78 is 2.61. The fraction of sp³-hybridized carbons (Fsp3) is 0. The summed E-state index contributed by atoms with van der Waals surface area (Å²) in [6.45, 7) is 0. The molecule has 0 N–H and O–H groups in total. The number of para-hydroxylation sites is 1. The Hall–Kier alpha value is -6.48. The molecule has 0 saturated heterocycles. The maximum Gasteiger partial charge on any atom is 0.0476 e. The smallest absolute Gasteiger partial charge is 0.0476 e. The van der Waals surface area contributed by atoms with E-state index in [2.05, 4.69) is 205 Å². The second kappa shape index (κ2) is 12.7. The summed E-state index contributed by atoms with van der Waals surface area (Å²) in [5.74, 6) is 0. The van der Waals surface area contributed by atoms with Crippen LogP contribution in [0.2, 0.25) is 0 Å². The summed E-state index contributed by atoms with van der Waals surface area (Å²) in [7, 11) is 0. The highest BCUT2D eigenvalue weighted by Crippen LogP contribution is 2.46. The van der Waals surface area contributed by atoms with Crippen molar-refractivity contribution in [3.05, 3.63) is 200 Å². The van der Waals surface area contributed by atoms with Crippen molar-refractivity contribution in [2.24, 2.45) is 0 Å². The molecule has 0 aliphatic carbocycles. The molecule has 1 heterocycles. The van der Waals surface area contributed by atoms with Gasteiger partial charge in [-0.1, -0.05) is 158 Å². The molecule has 1 aromatic heterocycles. The zero-order valence-electron chi connectivity index (χ0n) is 28.4. The average Bonchev–Trinajstić information content (AvgIpc) is 3.59. The number of benzene rings is 9. The minimum atomic E-state index is 1.12. The number of thiophene rings is 1. The molecule has 2 heteroatoms. The molecule has 0 spiro atoms. The Kier molecular flexibility index (Phi) is 7.41. The largest absolute Gasteiger partial charge is 0.310 e. The monoisotopic (exact) mass is 679 g/mol. The summed E-state index contributed by atoms with van der Waals surface area (Å²) in [6.07, 6.45) is 0. The first-order chi connectivity index (χ1) is 25.8. The Labute approximate surface area is 307 Å². The molecule has 0 atom stereocenters. The van der Waals surface area contributed by atoms with Gasteiger partial charge in [-0.15, -0.1) is 11.3 Å². The van der Waals surface area contributed by atoms with Crippen LogP contribution in [0, 0.1) is 0 Å². The first kappa shape index (κ1) is 30.4. The third kappa shape index (κ3) is 5.24. The molecule has 9 aromatic carbocycles. The third-order valence-corrected chi connectivity index (χ3v) is 11.4. The molecule has 10 rings (SSSR count). The second-order valence-corrected chi connectivity index (χ2v) is 14.4. The van der Waals surface area contributed by atoms with Gasteiger partial charge < -0.3 is 4.90 Å². The van der Waals surface area contributed by atoms with Gasteiger partial charge in [0, 0.05) is 42.6 Å². The van der Waals surface area contributed by atoms with Gasteiger partial charge in [0.05, 0.1) is 0 Å². The van der Waals surface area contributed by atoms with Crippen molar-refractivity contribution >= 4 is 70.1 Å². The van der Waals surface area contributed by atoms with Gasteiger partial charge in [0.15, 0.2) is 0 Å². The van der Waals surface area contributed by atoms with Crippen molar-refractivity contribution in [1.29, 1.82) is 0 Å². The maximum atomic E-state index is 2.43. The van der Waals surface area contributed by atoms with E-state index in [1.165, 1.54) is 75.1 Å². The highest BCUT2D eigenvalue weighted by Gasteiger charge is 2.18. The second-order valence-electron chi connectivity index (χ2n) is 13.3. The lowest BCUT2D eigenvalue weighted by Gasteiger charge is -2.26. The Morgan fingerprint density at radius 2 is 0.885 bits per heavy atom. The van der Waals surface area contributed by atoms with Gasteiger partial charge in [-0.2, -0.15) is 0 Å². The molecule has 0 bridgehead atoms. The number of hydrogen-bond acceptors (Lipinski definition) is 2. The summed E-state index contributed by atoms with van der Waals surface area (Å²) >= 11 is 1.89. The van der Waals surface area contributed by atoms with E-state index in [0.717, 1.165) is 17.1 Å². The lowest BCUT2D eigenvalue weighted by molar-refractivity contribution is 1.29. The van der Waals surface area contributed by atoms with Crippen molar-refractivity contribution in [2.75, 3.05) is 4.90 Å². The Morgan fingerprint density at radius 3 is 1.69 bits per heavy atom. The van der Waals surface area contributed by atoms with Crippen LogP contribution in [0.15, 0.2) is 200 Å². The molecule has 0 aliphatic rings. The van der Waals surface area contributed by atoms with Gasteiger partial charge in [0.2, 0.25) is 0 Å². The van der Waals surface area contributed by atoms with E-state index in [4.69, 9.17) is 0 Å². The molecule has 0 radical (unpaired) electrons. The van der Waals surface area contributed by atoms with Crippen LogP contribution < -0.4 is 4.90 Å². The molecule has 10 aromatic rings.